The molecule has 6 nitrogen and oxygen atoms in total. The van der Waals surface area contributed by atoms with Crippen molar-refractivity contribution in [2.24, 2.45) is 5.92 Å². The van der Waals surface area contributed by atoms with Crippen LogP contribution in [0, 0.1) is 5.92 Å². The van der Waals surface area contributed by atoms with Crippen molar-refractivity contribution >= 4 is 12.1 Å². The highest BCUT2D eigenvalue weighted by molar-refractivity contribution is 5.76. The van der Waals surface area contributed by atoms with Gasteiger partial charge in [-0.2, -0.15) is 0 Å². The molecule has 1 fully saturated rings. The van der Waals surface area contributed by atoms with E-state index in [1.807, 2.05) is 20.8 Å². The number of benzene rings is 1. The van der Waals surface area contributed by atoms with E-state index in [2.05, 4.69) is 0 Å². The number of hydrogen-bond acceptors (Lipinski definition) is 5. The van der Waals surface area contributed by atoms with Gasteiger partial charge in [0.2, 0.25) is 0 Å². The molecule has 1 aliphatic rings. The lowest BCUT2D eigenvalue weighted by Gasteiger charge is -2.37. The highest BCUT2D eigenvalue weighted by Gasteiger charge is 2.38. The summed E-state index contributed by atoms with van der Waals surface area (Å²) >= 11 is 0. The van der Waals surface area contributed by atoms with Gasteiger partial charge in [0, 0.05) is 19.0 Å². The van der Waals surface area contributed by atoms with E-state index in [0.717, 1.165) is 5.56 Å². The molecule has 0 saturated carbocycles. The third-order valence-electron chi connectivity index (χ3n) is 4.09. The number of ether oxygens (including phenoxy) is 2. The Balaban J connectivity index is 2.17. The minimum absolute atomic E-state index is 0.0586. The van der Waals surface area contributed by atoms with Gasteiger partial charge in [-0.25, -0.2) is 4.79 Å². The zero-order valence-electron chi connectivity index (χ0n) is 14.6. The van der Waals surface area contributed by atoms with E-state index in [0.29, 0.717) is 13.0 Å². The van der Waals surface area contributed by atoms with Gasteiger partial charge < -0.3 is 19.5 Å². The van der Waals surface area contributed by atoms with E-state index in [4.69, 9.17) is 9.47 Å². The Hall–Kier alpha value is -2.24. The van der Waals surface area contributed by atoms with Crippen LogP contribution in [0.4, 0.5) is 4.79 Å². The molecule has 0 radical (unpaired) electrons. The maximum Gasteiger partial charge on any atom is 0.410 e. The Morgan fingerprint density at radius 3 is 2.38 bits per heavy atom. The number of methoxy groups -OCH3 is 1. The number of phenolic OH excluding ortho intramolecular Hbond substituents is 1. The van der Waals surface area contributed by atoms with E-state index in [9.17, 15) is 14.7 Å². The molecule has 1 heterocycles. The van der Waals surface area contributed by atoms with Crippen molar-refractivity contribution in [1.29, 1.82) is 0 Å². The van der Waals surface area contributed by atoms with Crippen molar-refractivity contribution in [2.75, 3.05) is 20.2 Å². The molecule has 1 aromatic carbocycles. The first kappa shape index (κ1) is 18.1. The summed E-state index contributed by atoms with van der Waals surface area (Å²) in [5.41, 5.74) is 0.373. The fraction of sp³-hybridized carbons (Fsp3) is 0.556. The third kappa shape index (κ3) is 4.40. The maximum absolute atomic E-state index is 12.3. The molecule has 24 heavy (non-hydrogen) atoms. The van der Waals surface area contributed by atoms with E-state index in [-0.39, 0.29) is 24.2 Å². The second-order valence-electron chi connectivity index (χ2n) is 7.04. The minimum atomic E-state index is -0.578. The number of carbonyl (C=O) groups is 2. The van der Waals surface area contributed by atoms with E-state index < -0.39 is 17.6 Å². The minimum Gasteiger partial charge on any atom is -0.508 e. The summed E-state index contributed by atoms with van der Waals surface area (Å²) < 4.78 is 10.3. The molecular weight excluding hydrogens is 310 g/mol. The monoisotopic (exact) mass is 335 g/mol. The fourth-order valence-electron chi connectivity index (χ4n) is 2.96. The molecular formula is C18H25NO5. The van der Waals surface area contributed by atoms with Crippen LogP contribution in [0.3, 0.4) is 0 Å². The smallest absolute Gasteiger partial charge is 0.410 e. The van der Waals surface area contributed by atoms with E-state index >= 15 is 0 Å². The highest BCUT2D eigenvalue weighted by atomic mass is 16.6. The number of phenols is 1. The fourth-order valence-corrected chi connectivity index (χ4v) is 2.96. The lowest BCUT2D eigenvalue weighted by molar-refractivity contribution is -0.148. The van der Waals surface area contributed by atoms with Crippen LogP contribution in [0.1, 0.15) is 38.7 Å². The summed E-state index contributed by atoms with van der Waals surface area (Å²) in [5, 5.41) is 9.44. The molecule has 0 aromatic heterocycles. The van der Waals surface area contributed by atoms with Gasteiger partial charge in [0.25, 0.3) is 0 Å². The summed E-state index contributed by atoms with van der Waals surface area (Å²) in [5.74, 6) is -0.682. The van der Waals surface area contributed by atoms with Crippen LogP contribution >= 0.6 is 0 Å². The Labute approximate surface area is 142 Å². The van der Waals surface area contributed by atoms with Crippen LogP contribution in [0.5, 0.6) is 5.75 Å². The summed E-state index contributed by atoms with van der Waals surface area (Å²) in [6.45, 7) is 6.20. The Morgan fingerprint density at radius 1 is 1.21 bits per heavy atom. The Bertz CT molecular complexity index is 590. The Kier molecular flexibility index (Phi) is 5.36. The number of piperidine rings is 1. The molecule has 1 aromatic rings. The molecule has 0 bridgehead atoms. The summed E-state index contributed by atoms with van der Waals surface area (Å²) in [4.78, 5) is 26.1. The first-order valence-corrected chi connectivity index (χ1v) is 8.06. The van der Waals surface area contributed by atoms with Crippen LogP contribution in [0.15, 0.2) is 24.3 Å². The average Bonchev–Trinajstić information content (AvgIpc) is 2.52. The second kappa shape index (κ2) is 7.11. The molecule has 1 saturated heterocycles. The summed E-state index contributed by atoms with van der Waals surface area (Å²) in [6.07, 6.45) is 0.213. The van der Waals surface area contributed by atoms with Crippen molar-refractivity contribution in [3.8, 4) is 5.75 Å². The first-order chi connectivity index (χ1) is 11.2. The number of amides is 1. The number of rotatable bonds is 2. The number of likely N-dealkylation sites (tertiary alicyclic amines) is 1. The molecule has 2 atom stereocenters. The molecule has 1 amide bonds. The maximum atomic E-state index is 12.3. The average molecular weight is 335 g/mol. The molecule has 6 heteroatoms. The van der Waals surface area contributed by atoms with Gasteiger partial charge in [-0.3, -0.25) is 4.79 Å². The number of esters is 1. The molecule has 0 aliphatic carbocycles. The van der Waals surface area contributed by atoms with Gasteiger partial charge in [-0.05, 0) is 44.9 Å². The van der Waals surface area contributed by atoms with Crippen LogP contribution < -0.4 is 0 Å². The van der Waals surface area contributed by atoms with E-state index in [1.54, 1.807) is 29.2 Å². The van der Waals surface area contributed by atoms with Crippen molar-refractivity contribution in [1.82, 2.24) is 4.90 Å². The predicted octanol–water partition coefficient (Wildman–Crippen LogP) is 2.91. The second-order valence-corrected chi connectivity index (χ2v) is 7.04. The summed E-state index contributed by atoms with van der Waals surface area (Å²) in [7, 11) is 1.35. The molecule has 0 unspecified atom stereocenters. The molecule has 132 valence electrons. The van der Waals surface area contributed by atoms with Crippen LogP contribution in [0.25, 0.3) is 0 Å². The lowest BCUT2D eigenvalue weighted by atomic mass is 9.80. The quantitative estimate of drug-likeness (QED) is 0.841. The lowest BCUT2D eigenvalue weighted by Crippen LogP contribution is -2.47. The zero-order valence-corrected chi connectivity index (χ0v) is 14.6. The standard InChI is InChI=1S/C18H25NO5/c1-18(2,3)24-17(22)19-10-9-14(15(11-19)16(21)23-4)12-5-7-13(20)8-6-12/h5-8,14-15,20H,9-11H2,1-4H3/t14-,15+/m1/s1. The SMILES string of the molecule is COC(=O)[C@H]1CN(C(=O)OC(C)(C)C)CC[C@@H]1c1ccc(O)cc1. The number of carbonyl (C=O) groups excluding carboxylic acids is 2. The van der Waals surface area contributed by atoms with Gasteiger partial charge in [-0.1, -0.05) is 12.1 Å². The largest absolute Gasteiger partial charge is 0.508 e. The van der Waals surface area contributed by atoms with Gasteiger partial charge in [0.05, 0.1) is 13.0 Å². The van der Waals surface area contributed by atoms with Crippen LogP contribution in [-0.2, 0) is 14.3 Å². The van der Waals surface area contributed by atoms with Crippen molar-refractivity contribution in [3.63, 3.8) is 0 Å². The van der Waals surface area contributed by atoms with Gasteiger partial charge in [-0.15, -0.1) is 0 Å². The molecule has 1 aliphatic heterocycles. The Morgan fingerprint density at radius 2 is 1.83 bits per heavy atom. The van der Waals surface area contributed by atoms with Crippen molar-refractivity contribution in [2.45, 2.75) is 38.7 Å². The normalized spacial score (nSPS) is 21.2. The van der Waals surface area contributed by atoms with E-state index in [1.165, 1.54) is 7.11 Å². The van der Waals surface area contributed by atoms with Crippen LogP contribution in [-0.4, -0.2) is 47.9 Å². The number of hydrogen-bond donors (Lipinski definition) is 1. The summed E-state index contributed by atoms with van der Waals surface area (Å²) in [6, 6.07) is 6.81. The highest BCUT2D eigenvalue weighted by Crippen LogP contribution is 2.35. The van der Waals surface area contributed by atoms with Gasteiger partial charge in [0.1, 0.15) is 11.4 Å². The number of aromatic hydroxyl groups is 1. The van der Waals surface area contributed by atoms with Crippen molar-refractivity contribution < 1.29 is 24.2 Å². The third-order valence-corrected chi connectivity index (χ3v) is 4.09. The van der Waals surface area contributed by atoms with Crippen LogP contribution in [0.2, 0.25) is 0 Å². The number of nitrogens with zero attached hydrogens (tertiary/aromatic N) is 1. The van der Waals surface area contributed by atoms with Gasteiger partial charge in [0.15, 0.2) is 0 Å². The molecule has 2 rings (SSSR count). The predicted molar refractivity (Wildman–Crippen MR) is 88.8 cm³/mol. The zero-order chi connectivity index (χ0) is 17.9. The topological polar surface area (TPSA) is 76.1 Å². The first-order valence-electron chi connectivity index (χ1n) is 8.06. The molecule has 0 spiro atoms. The molecule has 1 N–H and O–H groups in total. The van der Waals surface area contributed by atoms with Gasteiger partial charge >= 0.3 is 12.1 Å². The van der Waals surface area contributed by atoms with Crippen molar-refractivity contribution in [3.05, 3.63) is 29.8 Å².